The first-order valence-electron chi connectivity index (χ1n) is 9.44. The van der Waals surface area contributed by atoms with E-state index >= 15 is 0 Å². The Balaban J connectivity index is 1.52. The Labute approximate surface area is 161 Å². The molecule has 3 aromatic rings. The molecule has 0 fully saturated rings. The van der Waals surface area contributed by atoms with Gasteiger partial charge < -0.3 is 15.5 Å². The zero-order valence-electron chi connectivity index (χ0n) is 16.4. The van der Waals surface area contributed by atoms with Gasteiger partial charge in [-0.3, -0.25) is 0 Å². The second kappa shape index (κ2) is 8.36. The van der Waals surface area contributed by atoms with E-state index in [9.17, 15) is 0 Å². The third kappa shape index (κ3) is 4.75. The van der Waals surface area contributed by atoms with Crippen LogP contribution >= 0.6 is 0 Å². The second-order valence-electron chi connectivity index (χ2n) is 7.82. The van der Waals surface area contributed by atoms with Crippen LogP contribution < -0.4 is 10.1 Å². The molecule has 0 bridgehead atoms. The smallest absolute Gasteiger partial charge is 0.127 e. The number of hydrogen-bond acceptors (Lipinski definition) is 3. The number of rotatable bonds is 7. The lowest BCUT2D eigenvalue weighted by Gasteiger charge is -2.19. The van der Waals surface area contributed by atoms with Crippen LogP contribution in [0.5, 0.6) is 5.75 Å². The van der Waals surface area contributed by atoms with Crippen LogP contribution in [0.3, 0.4) is 0 Å². The van der Waals surface area contributed by atoms with Gasteiger partial charge in [-0.1, -0.05) is 69.3 Å². The molecule has 3 aromatic carbocycles. The van der Waals surface area contributed by atoms with Crippen molar-refractivity contribution in [3.05, 3.63) is 77.4 Å². The molecular formula is C24H28N2O. The maximum Gasteiger partial charge on any atom is 0.127 e. The van der Waals surface area contributed by atoms with E-state index in [1.165, 1.54) is 17.3 Å². The Hall–Kier alpha value is -2.65. The Kier molecular flexibility index (Phi) is 5.92. The molecule has 3 nitrogen and oxygen atoms in total. The summed E-state index contributed by atoms with van der Waals surface area (Å²) in [7, 11) is 0. The molecule has 3 heteroatoms. The molecule has 0 saturated carbocycles. The highest BCUT2D eigenvalue weighted by Crippen LogP contribution is 2.27. The average Bonchev–Trinajstić information content (AvgIpc) is 2.67. The normalized spacial score (nSPS) is 11.5. The highest BCUT2D eigenvalue weighted by atomic mass is 16.5. The molecule has 2 N–H and O–H groups in total. The molecule has 0 amide bonds. The zero-order valence-corrected chi connectivity index (χ0v) is 16.4. The van der Waals surface area contributed by atoms with Crippen molar-refractivity contribution in [2.24, 2.45) is 0 Å². The summed E-state index contributed by atoms with van der Waals surface area (Å²) >= 11 is 0. The van der Waals surface area contributed by atoms with Crippen LogP contribution in [-0.2, 0) is 12.0 Å². The largest absolute Gasteiger partial charge is 0.492 e. The summed E-state index contributed by atoms with van der Waals surface area (Å²) in [5.41, 5.74) is 3.74. The minimum atomic E-state index is 0.190. The highest BCUT2D eigenvalue weighted by Gasteiger charge is 2.12. The van der Waals surface area contributed by atoms with Crippen molar-refractivity contribution >= 4 is 17.0 Å². The minimum absolute atomic E-state index is 0.190. The average molecular weight is 361 g/mol. The van der Waals surface area contributed by atoms with Gasteiger partial charge >= 0.3 is 0 Å². The Morgan fingerprint density at radius 2 is 1.63 bits per heavy atom. The van der Waals surface area contributed by atoms with E-state index in [4.69, 9.17) is 10.1 Å². The predicted molar refractivity (Wildman–Crippen MR) is 114 cm³/mol. The van der Waals surface area contributed by atoms with E-state index in [-0.39, 0.29) is 5.41 Å². The van der Waals surface area contributed by atoms with Crippen LogP contribution in [0.4, 0.5) is 0 Å². The molecule has 0 aromatic heterocycles. The lowest BCUT2D eigenvalue weighted by atomic mass is 9.87. The van der Waals surface area contributed by atoms with Gasteiger partial charge in [0.05, 0.1) is 0 Å². The lowest BCUT2D eigenvalue weighted by Crippen LogP contribution is -2.20. The fourth-order valence-corrected chi connectivity index (χ4v) is 3.13. The molecule has 27 heavy (non-hydrogen) atoms. The molecule has 0 atom stereocenters. The van der Waals surface area contributed by atoms with Crippen LogP contribution in [0.2, 0.25) is 0 Å². The lowest BCUT2D eigenvalue weighted by molar-refractivity contribution is 0.317. The van der Waals surface area contributed by atoms with Gasteiger partial charge in [0.25, 0.3) is 0 Å². The number of nitrogens with one attached hydrogen (secondary N) is 2. The Bertz CT molecular complexity index is 908. The monoisotopic (exact) mass is 360 g/mol. The van der Waals surface area contributed by atoms with Crippen molar-refractivity contribution < 1.29 is 4.74 Å². The summed E-state index contributed by atoms with van der Waals surface area (Å²) in [5.74, 6) is 0.868. The Morgan fingerprint density at radius 3 is 2.30 bits per heavy atom. The zero-order chi connectivity index (χ0) is 19.3. The summed E-state index contributed by atoms with van der Waals surface area (Å²) in [6.07, 6.45) is 1.39. The SMILES string of the molecule is CC(C)(C)c1ccc(CNCCOc2ccc(C=N)c3ccccc23)cc1. The van der Waals surface area contributed by atoms with Gasteiger partial charge in [-0.05, 0) is 34.1 Å². The van der Waals surface area contributed by atoms with E-state index in [1.807, 2.05) is 36.4 Å². The van der Waals surface area contributed by atoms with Gasteiger partial charge in [0.1, 0.15) is 12.4 Å². The van der Waals surface area contributed by atoms with Crippen LogP contribution in [0.15, 0.2) is 60.7 Å². The number of fused-ring (bicyclic) bond motifs is 1. The van der Waals surface area contributed by atoms with E-state index in [0.717, 1.165) is 35.2 Å². The molecule has 0 aliphatic rings. The summed E-state index contributed by atoms with van der Waals surface area (Å²) in [6, 6.07) is 20.8. The Morgan fingerprint density at radius 1 is 0.926 bits per heavy atom. The van der Waals surface area contributed by atoms with Gasteiger partial charge in [0.2, 0.25) is 0 Å². The summed E-state index contributed by atoms with van der Waals surface area (Å²) < 4.78 is 5.98. The quantitative estimate of drug-likeness (QED) is 0.443. The van der Waals surface area contributed by atoms with Crippen molar-refractivity contribution in [3.8, 4) is 5.75 Å². The van der Waals surface area contributed by atoms with Gasteiger partial charge in [0.15, 0.2) is 0 Å². The van der Waals surface area contributed by atoms with Crippen LogP contribution in [0.1, 0.15) is 37.5 Å². The third-order valence-electron chi connectivity index (χ3n) is 4.76. The van der Waals surface area contributed by atoms with E-state index in [1.54, 1.807) is 0 Å². The second-order valence-corrected chi connectivity index (χ2v) is 7.82. The number of ether oxygens (including phenoxy) is 1. The summed E-state index contributed by atoms with van der Waals surface area (Å²) in [5, 5.41) is 13.1. The molecule has 140 valence electrons. The van der Waals surface area contributed by atoms with Gasteiger partial charge in [-0.15, -0.1) is 0 Å². The van der Waals surface area contributed by atoms with Crippen molar-refractivity contribution in [1.82, 2.24) is 5.32 Å². The van der Waals surface area contributed by atoms with E-state index < -0.39 is 0 Å². The first kappa shape index (κ1) is 19.1. The summed E-state index contributed by atoms with van der Waals surface area (Å²) in [4.78, 5) is 0. The van der Waals surface area contributed by atoms with Crippen molar-refractivity contribution in [2.45, 2.75) is 32.7 Å². The molecular weight excluding hydrogens is 332 g/mol. The fraction of sp³-hybridized carbons (Fsp3) is 0.292. The maximum atomic E-state index is 7.54. The van der Waals surface area contributed by atoms with E-state index in [0.29, 0.717) is 6.61 Å². The molecule has 3 rings (SSSR count). The molecule has 0 aliphatic heterocycles. The molecule has 0 unspecified atom stereocenters. The molecule has 0 spiro atoms. The van der Waals surface area contributed by atoms with Gasteiger partial charge in [-0.25, -0.2) is 0 Å². The number of benzene rings is 3. The van der Waals surface area contributed by atoms with Crippen LogP contribution in [0, 0.1) is 5.41 Å². The maximum absolute atomic E-state index is 7.54. The first-order chi connectivity index (χ1) is 13.0. The molecule has 0 aliphatic carbocycles. The van der Waals surface area contributed by atoms with Gasteiger partial charge in [-0.2, -0.15) is 0 Å². The predicted octanol–water partition coefficient (Wildman–Crippen LogP) is 5.30. The molecule has 0 radical (unpaired) electrons. The highest BCUT2D eigenvalue weighted by molar-refractivity contribution is 6.01. The van der Waals surface area contributed by atoms with Crippen molar-refractivity contribution in [3.63, 3.8) is 0 Å². The summed E-state index contributed by atoms with van der Waals surface area (Å²) in [6.45, 7) is 8.92. The molecule has 0 heterocycles. The third-order valence-corrected chi connectivity index (χ3v) is 4.76. The fourth-order valence-electron chi connectivity index (χ4n) is 3.13. The van der Waals surface area contributed by atoms with Crippen LogP contribution in [0.25, 0.3) is 10.8 Å². The number of hydrogen-bond donors (Lipinski definition) is 2. The van der Waals surface area contributed by atoms with Crippen molar-refractivity contribution in [1.29, 1.82) is 5.41 Å². The minimum Gasteiger partial charge on any atom is -0.492 e. The van der Waals surface area contributed by atoms with Gasteiger partial charge in [0, 0.05) is 30.3 Å². The molecule has 0 saturated heterocycles. The van der Waals surface area contributed by atoms with Crippen molar-refractivity contribution in [2.75, 3.05) is 13.2 Å². The van der Waals surface area contributed by atoms with E-state index in [2.05, 4.69) is 50.4 Å². The standard InChI is InChI=1S/C24H28N2O/c1-24(2,3)20-11-8-18(9-12-20)17-26-14-15-27-23-13-10-19(16-25)21-6-4-5-7-22(21)23/h4-13,16,25-26H,14-15,17H2,1-3H3. The first-order valence-corrected chi connectivity index (χ1v) is 9.44. The van der Waals surface area contributed by atoms with Crippen LogP contribution in [-0.4, -0.2) is 19.4 Å². The topological polar surface area (TPSA) is 45.1 Å².